The Bertz CT molecular complexity index is 1010. The molecule has 1 aromatic rings. The fraction of sp³-hybridized carbons (Fsp3) is 0.500. The number of ether oxygens (including phenoxy) is 1. The topological polar surface area (TPSA) is 134 Å². The molecule has 0 bridgehead atoms. The highest BCUT2D eigenvalue weighted by Gasteiger charge is 2.46. The second-order valence-corrected chi connectivity index (χ2v) is 9.33. The van der Waals surface area contributed by atoms with E-state index in [1.807, 2.05) is 0 Å². The lowest BCUT2D eigenvalue weighted by Crippen LogP contribution is -2.54. The van der Waals surface area contributed by atoms with Gasteiger partial charge in [-0.3, -0.25) is 29.4 Å². The van der Waals surface area contributed by atoms with Crippen molar-refractivity contribution in [2.45, 2.75) is 70.2 Å². The molecule has 1 unspecified atom stereocenters. The number of fused-ring (bicyclic) bond motifs is 1. The molecule has 1 atom stereocenters. The Labute approximate surface area is 185 Å². The summed E-state index contributed by atoms with van der Waals surface area (Å²) in [6.07, 6.45) is 0.994. The Balaban J connectivity index is 1.42. The summed E-state index contributed by atoms with van der Waals surface area (Å²) >= 11 is 0. The summed E-state index contributed by atoms with van der Waals surface area (Å²) in [4.78, 5) is 62.5. The predicted molar refractivity (Wildman–Crippen MR) is 113 cm³/mol. The van der Waals surface area contributed by atoms with E-state index in [0.29, 0.717) is 18.5 Å². The molecule has 32 heavy (non-hydrogen) atoms. The zero-order valence-electron chi connectivity index (χ0n) is 18.2. The maximum atomic E-state index is 13.1. The van der Waals surface area contributed by atoms with Crippen LogP contribution in [0.15, 0.2) is 18.2 Å². The Hall–Kier alpha value is -3.43. The van der Waals surface area contributed by atoms with Gasteiger partial charge in [-0.25, -0.2) is 4.79 Å². The number of piperidine rings is 1. The van der Waals surface area contributed by atoms with Crippen molar-refractivity contribution < 1.29 is 28.7 Å². The molecule has 3 aliphatic rings. The van der Waals surface area contributed by atoms with Crippen LogP contribution in [0.4, 0.5) is 10.5 Å². The van der Waals surface area contributed by atoms with Crippen LogP contribution in [-0.2, 0) is 14.3 Å². The summed E-state index contributed by atoms with van der Waals surface area (Å²) in [7, 11) is 0. The maximum Gasteiger partial charge on any atom is 0.407 e. The third-order valence-corrected chi connectivity index (χ3v) is 5.69. The number of nitrogens with one attached hydrogen (secondary N) is 3. The van der Waals surface area contributed by atoms with Gasteiger partial charge in [0, 0.05) is 24.2 Å². The fourth-order valence-electron chi connectivity index (χ4n) is 4.18. The minimum absolute atomic E-state index is 0.00832. The zero-order valence-corrected chi connectivity index (χ0v) is 18.2. The molecule has 3 N–H and O–H groups in total. The summed E-state index contributed by atoms with van der Waals surface area (Å²) in [5.74, 6) is -2.14. The van der Waals surface area contributed by atoms with Crippen LogP contribution >= 0.6 is 0 Å². The first-order chi connectivity index (χ1) is 15.0. The van der Waals surface area contributed by atoms with Crippen molar-refractivity contribution in [1.29, 1.82) is 0 Å². The van der Waals surface area contributed by atoms with E-state index >= 15 is 0 Å². The number of hydrogen-bond acceptors (Lipinski definition) is 7. The molecular formula is C22H26N4O6. The lowest BCUT2D eigenvalue weighted by Gasteiger charge is -2.37. The van der Waals surface area contributed by atoms with Gasteiger partial charge in [0.05, 0.1) is 11.1 Å². The number of amides is 5. The van der Waals surface area contributed by atoms with Crippen molar-refractivity contribution in [2.24, 2.45) is 0 Å². The van der Waals surface area contributed by atoms with Crippen LogP contribution in [0.5, 0.6) is 0 Å². The van der Waals surface area contributed by atoms with E-state index in [0.717, 1.165) is 4.90 Å². The lowest BCUT2D eigenvalue weighted by molar-refractivity contribution is -0.136. The normalized spacial score (nSPS) is 25.1. The Morgan fingerprint density at radius 1 is 1.09 bits per heavy atom. The standard InChI is InChI=1S/C22H26N4O6/c1-22(2,3)32-21(31)24-12-9-11(10-12)23-14-6-4-5-13-17(14)20(30)26(19(13)29)15-7-8-16(27)25-18(15)28/h4-6,11-12,15,23H,7-10H2,1-3H3,(H,24,31)(H,25,27,28)/t11-,12-,15?. The second kappa shape index (κ2) is 7.92. The molecule has 2 heterocycles. The minimum atomic E-state index is -1.00. The van der Waals surface area contributed by atoms with Crippen LogP contribution in [0.25, 0.3) is 0 Å². The Morgan fingerprint density at radius 3 is 2.47 bits per heavy atom. The SMILES string of the molecule is CC(C)(C)OC(=O)N[C@H]1C[C@H](Nc2cccc3c2C(=O)N(C2CCC(=O)NC2=O)C3=O)C1. The molecule has 1 aromatic carbocycles. The Morgan fingerprint density at radius 2 is 1.81 bits per heavy atom. The summed E-state index contributed by atoms with van der Waals surface area (Å²) in [6, 6.07) is 3.91. The molecule has 1 saturated heterocycles. The van der Waals surface area contributed by atoms with Crippen LogP contribution in [0.1, 0.15) is 67.2 Å². The van der Waals surface area contributed by atoms with E-state index in [1.54, 1.807) is 39.0 Å². The highest BCUT2D eigenvalue weighted by molar-refractivity contribution is 6.25. The molecule has 2 aliphatic heterocycles. The number of carbonyl (C=O) groups is 5. The van der Waals surface area contributed by atoms with Crippen molar-refractivity contribution in [3.05, 3.63) is 29.3 Å². The first-order valence-corrected chi connectivity index (χ1v) is 10.6. The highest BCUT2D eigenvalue weighted by Crippen LogP contribution is 2.34. The van der Waals surface area contributed by atoms with Gasteiger partial charge in [-0.2, -0.15) is 0 Å². The second-order valence-electron chi connectivity index (χ2n) is 9.33. The molecule has 2 fully saturated rings. The van der Waals surface area contributed by atoms with Crippen LogP contribution < -0.4 is 16.0 Å². The van der Waals surface area contributed by atoms with E-state index in [4.69, 9.17) is 4.74 Å². The average molecular weight is 442 g/mol. The molecule has 0 spiro atoms. The smallest absolute Gasteiger partial charge is 0.407 e. The van der Waals surface area contributed by atoms with Gasteiger partial charge in [0.15, 0.2) is 0 Å². The number of hydrogen-bond donors (Lipinski definition) is 3. The van der Waals surface area contributed by atoms with Gasteiger partial charge in [0.2, 0.25) is 11.8 Å². The number of imide groups is 2. The van der Waals surface area contributed by atoms with Gasteiger partial charge >= 0.3 is 6.09 Å². The predicted octanol–water partition coefficient (Wildman–Crippen LogP) is 1.56. The van der Waals surface area contributed by atoms with E-state index in [2.05, 4.69) is 16.0 Å². The summed E-state index contributed by atoms with van der Waals surface area (Å²) in [5.41, 5.74) is 0.395. The van der Waals surface area contributed by atoms with Crippen LogP contribution in [0.3, 0.4) is 0 Å². The van der Waals surface area contributed by atoms with Crippen molar-refractivity contribution >= 4 is 35.4 Å². The number of anilines is 1. The molecule has 170 valence electrons. The largest absolute Gasteiger partial charge is 0.444 e. The molecule has 0 aromatic heterocycles. The molecule has 10 heteroatoms. The molecular weight excluding hydrogens is 416 g/mol. The molecule has 4 rings (SSSR count). The van der Waals surface area contributed by atoms with Gasteiger partial charge < -0.3 is 15.4 Å². The van der Waals surface area contributed by atoms with Crippen LogP contribution in [-0.4, -0.2) is 58.3 Å². The van der Waals surface area contributed by atoms with Gasteiger partial charge in [-0.05, 0) is 52.2 Å². The number of alkyl carbamates (subject to hydrolysis) is 1. The lowest BCUT2D eigenvalue weighted by atomic mass is 9.86. The number of nitrogens with zero attached hydrogens (tertiary/aromatic N) is 1. The number of benzene rings is 1. The van der Waals surface area contributed by atoms with E-state index in [-0.39, 0.29) is 36.1 Å². The van der Waals surface area contributed by atoms with Crippen molar-refractivity contribution in [1.82, 2.24) is 15.5 Å². The molecule has 5 amide bonds. The van der Waals surface area contributed by atoms with Crippen LogP contribution in [0.2, 0.25) is 0 Å². The van der Waals surface area contributed by atoms with Crippen molar-refractivity contribution in [3.63, 3.8) is 0 Å². The van der Waals surface area contributed by atoms with E-state index < -0.39 is 41.4 Å². The first-order valence-electron chi connectivity index (χ1n) is 10.6. The van der Waals surface area contributed by atoms with Gasteiger partial charge in [0.25, 0.3) is 11.8 Å². The molecule has 1 aliphatic carbocycles. The Kier molecular flexibility index (Phi) is 5.39. The van der Waals surface area contributed by atoms with Crippen molar-refractivity contribution in [3.8, 4) is 0 Å². The molecule has 0 radical (unpaired) electrons. The fourth-order valence-corrected chi connectivity index (χ4v) is 4.18. The van der Waals surface area contributed by atoms with Crippen molar-refractivity contribution in [2.75, 3.05) is 5.32 Å². The van der Waals surface area contributed by atoms with Gasteiger partial charge in [-0.15, -0.1) is 0 Å². The summed E-state index contributed by atoms with van der Waals surface area (Å²) in [5, 5.41) is 8.28. The first kappa shape index (κ1) is 21.8. The zero-order chi connectivity index (χ0) is 23.2. The third-order valence-electron chi connectivity index (χ3n) is 5.69. The minimum Gasteiger partial charge on any atom is -0.444 e. The van der Waals surface area contributed by atoms with Gasteiger partial charge in [-0.1, -0.05) is 6.07 Å². The quantitative estimate of drug-likeness (QED) is 0.603. The number of carbonyl (C=O) groups excluding carboxylic acids is 5. The van der Waals surface area contributed by atoms with Gasteiger partial charge in [0.1, 0.15) is 11.6 Å². The number of rotatable bonds is 4. The third kappa shape index (κ3) is 4.17. The summed E-state index contributed by atoms with van der Waals surface area (Å²) < 4.78 is 5.26. The highest BCUT2D eigenvalue weighted by atomic mass is 16.6. The van der Waals surface area contributed by atoms with E-state index in [1.165, 1.54) is 0 Å². The summed E-state index contributed by atoms with van der Waals surface area (Å²) in [6.45, 7) is 5.39. The maximum absolute atomic E-state index is 13.1. The molecule has 1 saturated carbocycles. The average Bonchev–Trinajstić information content (AvgIpc) is 2.90. The monoisotopic (exact) mass is 442 g/mol. The van der Waals surface area contributed by atoms with E-state index in [9.17, 15) is 24.0 Å². The van der Waals surface area contributed by atoms with Crippen LogP contribution in [0, 0.1) is 0 Å². The molecule has 10 nitrogen and oxygen atoms in total.